The first kappa shape index (κ1) is 16.9. The third-order valence-corrected chi connectivity index (χ3v) is 5.41. The second kappa shape index (κ2) is 6.17. The van der Waals surface area contributed by atoms with E-state index in [9.17, 15) is 9.90 Å². The van der Waals surface area contributed by atoms with Gasteiger partial charge in [0.1, 0.15) is 17.9 Å². The van der Waals surface area contributed by atoms with E-state index in [4.69, 9.17) is 11.6 Å². The minimum atomic E-state index is 0.000437. The molecule has 28 heavy (non-hydrogen) atoms. The van der Waals surface area contributed by atoms with E-state index in [0.717, 1.165) is 34.9 Å². The first-order valence-corrected chi connectivity index (χ1v) is 9.32. The molecule has 3 heterocycles. The SMILES string of the molecule is Cc1ccc(O)c(Cl)c1-c1cc2cnc(NC(=O)C3CC3)cc2n2ncnc12. The summed E-state index contributed by atoms with van der Waals surface area (Å²) in [7, 11) is 0. The normalized spacial score (nSPS) is 13.9. The lowest BCUT2D eigenvalue weighted by atomic mass is 9.99. The zero-order valence-electron chi connectivity index (χ0n) is 15.0. The van der Waals surface area contributed by atoms with Gasteiger partial charge < -0.3 is 10.4 Å². The van der Waals surface area contributed by atoms with Gasteiger partial charge in [-0.15, -0.1) is 0 Å². The number of benzene rings is 1. The van der Waals surface area contributed by atoms with Gasteiger partial charge in [-0.1, -0.05) is 17.7 Å². The van der Waals surface area contributed by atoms with Crippen molar-refractivity contribution in [3.63, 3.8) is 0 Å². The second-order valence-corrected chi connectivity index (χ2v) is 7.41. The van der Waals surface area contributed by atoms with Crippen LogP contribution in [0.15, 0.2) is 36.8 Å². The molecule has 0 atom stereocenters. The summed E-state index contributed by atoms with van der Waals surface area (Å²) >= 11 is 6.40. The van der Waals surface area contributed by atoms with Gasteiger partial charge in [0, 0.05) is 34.7 Å². The van der Waals surface area contributed by atoms with Gasteiger partial charge in [-0.05, 0) is 37.5 Å². The van der Waals surface area contributed by atoms with Crippen LogP contribution in [0.1, 0.15) is 18.4 Å². The highest BCUT2D eigenvalue weighted by atomic mass is 35.5. The summed E-state index contributed by atoms with van der Waals surface area (Å²) in [5.41, 5.74) is 3.74. The lowest BCUT2D eigenvalue weighted by molar-refractivity contribution is -0.117. The molecular weight excluding hydrogens is 378 g/mol. The van der Waals surface area contributed by atoms with Crippen LogP contribution in [-0.2, 0) is 4.79 Å². The molecule has 0 spiro atoms. The Bertz CT molecular complexity index is 1260. The number of aryl methyl sites for hydroxylation is 1. The Morgan fingerprint density at radius 3 is 2.89 bits per heavy atom. The van der Waals surface area contributed by atoms with Crippen molar-refractivity contribution in [3.05, 3.63) is 47.4 Å². The molecule has 0 aliphatic heterocycles. The Kier molecular flexibility index (Phi) is 3.73. The summed E-state index contributed by atoms with van der Waals surface area (Å²) in [5, 5.41) is 18.4. The highest BCUT2D eigenvalue weighted by Crippen LogP contribution is 2.40. The molecule has 0 bridgehead atoms. The Hall–Kier alpha value is -3.19. The van der Waals surface area contributed by atoms with Gasteiger partial charge in [0.2, 0.25) is 5.91 Å². The van der Waals surface area contributed by atoms with Crippen LogP contribution in [0.4, 0.5) is 5.82 Å². The van der Waals surface area contributed by atoms with Gasteiger partial charge in [-0.3, -0.25) is 4.79 Å². The molecule has 4 aromatic rings. The number of pyridine rings is 2. The molecule has 0 unspecified atom stereocenters. The van der Waals surface area contributed by atoms with Gasteiger partial charge in [-0.2, -0.15) is 5.10 Å². The van der Waals surface area contributed by atoms with Gasteiger partial charge in [0.15, 0.2) is 5.65 Å². The monoisotopic (exact) mass is 393 g/mol. The number of rotatable bonds is 3. The van der Waals surface area contributed by atoms with Crippen molar-refractivity contribution >= 4 is 39.9 Å². The predicted molar refractivity (Wildman–Crippen MR) is 106 cm³/mol. The predicted octanol–water partition coefficient (Wildman–Crippen LogP) is 3.96. The molecule has 1 fully saturated rings. The number of fused-ring (bicyclic) bond motifs is 3. The summed E-state index contributed by atoms with van der Waals surface area (Å²) in [6.45, 7) is 1.92. The molecule has 5 rings (SSSR count). The molecule has 1 aliphatic carbocycles. The summed E-state index contributed by atoms with van der Waals surface area (Å²) in [6, 6.07) is 7.09. The van der Waals surface area contributed by atoms with E-state index in [0.29, 0.717) is 17.0 Å². The lowest BCUT2D eigenvalue weighted by Gasteiger charge is -2.13. The number of amides is 1. The zero-order valence-corrected chi connectivity index (χ0v) is 15.7. The smallest absolute Gasteiger partial charge is 0.228 e. The Labute approximate surface area is 165 Å². The van der Waals surface area contributed by atoms with Crippen LogP contribution in [0.2, 0.25) is 5.02 Å². The summed E-state index contributed by atoms with van der Waals surface area (Å²) < 4.78 is 1.69. The molecule has 2 N–H and O–H groups in total. The van der Waals surface area contributed by atoms with E-state index in [2.05, 4.69) is 20.4 Å². The standard InChI is InChI=1S/C20H16ClN5O2/c1-10-2-5-15(27)18(21)17(10)13-6-12-8-22-16(25-20(28)11-3-4-11)7-14(12)26-19(13)23-9-24-26/h2,5-9,11,27H,3-4H2,1H3,(H,22,25,28). The average molecular weight is 394 g/mol. The van der Waals surface area contributed by atoms with Crippen LogP contribution < -0.4 is 5.32 Å². The molecule has 140 valence electrons. The number of hydrogen-bond donors (Lipinski definition) is 2. The number of nitrogens with one attached hydrogen (secondary N) is 1. The molecular formula is C20H16ClN5O2. The number of aromatic hydroxyl groups is 1. The maximum Gasteiger partial charge on any atom is 0.228 e. The number of nitrogens with zero attached hydrogens (tertiary/aromatic N) is 4. The first-order valence-electron chi connectivity index (χ1n) is 8.94. The lowest BCUT2D eigenvalue weighted by Crippen LogP contribution is -2.14. The third-order valence-electron chi connectivity index (χ3n) is 5.03. The number of carbonyl (C=O) groups excluding carboxylic acids is 1. The summed E-state index contributed by atoms with van der Waals surface area (Å²) in [6.07, 6.45) is 5.02. The van der Waals surface area contributed by atoms with Crippen LogP contribution in [0.3, 0.4) is 0 Å². The highest BCUT2D eigenvalue weighted by Gasteiger charge is 2.30. The zero-order chi connectivity index (χ0) is 19.4. The van der Waals surface area contributed by atoms with Crippen molar-refractivity contribution in [3.8, 4) is 16.9 Å². The Morgan fingerprint density at radius 2 is 2.11 bits per heavy atom. The van der Waals surface area contributed by atoms with E-state index in [1.165, 1.54) is 6.33 Å². The molecule has 0 radical (unpaired) electrons. The van der Waals surface area contributed by atoms with E-state index in [1.54, 1.807) is 22.8 Å². The number of halogens is 1. The minimum absolute atomic E-state index is 0.000437. The fourth-order valence-corrected chi connectivity index (χ4v) is 3.70. The Balaban J connectivity index is 1.71. The average Bonchev–Trinajstić information content (AvgIpc) is 3.42. The largest absolute Gasteiger partial charge is 0.506 e. The van der Waals surface area contributed by atoms with Crippen molar-refractivity contribution in [1.82, 2.24) is 19.6 Å². The van der Waals surface area contributed by atoms with Crippen molar-refractivity contribution in [2.75, 3.05) is 5.32 Å². The number of anilines is 1. The number of carbonyl (C=O) groups is 1. The van der Waals surface area contributed by atoms with Gasteiger partial charge in [0.25, 0.3) is 0 Å². The minimum Gasteiger partial charge on any atom is -0.506 e. The molecule has 7 nitrogen and oxygen atoms in total. The number of hydrogen-bond acceptors (Lipinski definition) is 5. The number of aromatic nitrogens is 4. The summed E-state index contributed by atoms with van der Waals surface area (Å²) in [4.78, 5) is 20.8. The number of phenolic OH excluding ortho intramolecular Hbond substituents is 1. The van der Waals surface area contributed by atoms with Crippen LogP contribution in [0, 0.1) is 12.8 Å². The molecule has 3 aromatic heterocycles. The van der Waals surface area contributed by atoms with Gasteiger partial charge in [-0.25, -0.2) is 14.5 Å². The van der Waals surface area contributed by atoms with Gasteiger partial charge >= 0.3 is 0 Å². The van der Waals surface area contributed by atoms with Gasteiger partial charge in [0.05, 0.1) is 10.5 Å². The van der Waals surface area contributed by atoms with Crippen LogP contribution >= 0.6 is 11.6 Å². The molecule has 8 heteroatoms. The summed E-state index contributed by atoms with van der Waals surface area (Å²) in [5.74, 6) is 0.597. The maximum atomic E-state index is 12.0. The fourth-order valence-electron chi connectivity index (χ4n) is 3.39. The van der Waals surface area contributed by atoms with E-state index < -0.39 is 0 Å². The topological polar surface area (TPSA) is 92.4 Å². The van der Waals surface area contributed by atoms with E-state index >= 15 is 0 Å². The third kappa shape index (κ3) is 2.66. The van der Waals surface area contributed by atoms with Crippen molar-refractivity contribution < 1.29 is 9.90 Å². The molecule has 1 aliphatic rings. The van der Waals surface area contributed by atoms with E-state index in [1.807, 2.05) is 19.1 Å². The van der Waals surface area contributed by atoms with Crippen LogP contribution in [-0.4, -0.2) is 30.6 Å². The second-order valence-electron chi connectivity index (χ2n) is 7.04. The van der Waals surface area contributed by atoms with Crippen LogP contribution in [0.5, 0.6) is 5.75 Å². The molecule has 1 aromatic carbocycles. The fraction of sp³-hybridized carbons (Fsp3) is 0.200. The molecule has 0 saturated heterocycles. The quantitative estimate of drug-likeness (QED) is 0.549. The molecule has 1 saturated carbocycles. The highest BCUT2D eigenvalue weighted by molar-refractivity contribution is 6.35. The first-order chi connectivity index (χ1) is 13.5. The van der Waals surface area contributed by atoms with E-state index in [-0.39, 0.29) is 22.6 Å². The Morgan fingerprint density at radius 1 is 1.29 bits per heavy atom. The van der Waals surface area contributed by atoms with Crippen molar-refractivity contribution in [1.29, 1.82) is 0 Å². The van der Waals surface area contributed by atoms with Crippen molar-refractivity contribution in [2.45, 2.75) is 19.8 Å². The number of phenols is 1. The maximum absolute atomic E-state index is 12.0. The molecule has 1 amide bonds. The van der Waals surface area contributed by atoms with Crippen molar-refractivity contribution in [2.24, 2.45) is 5.92 Å². The van der Waals surface area contributed by atoms with Crippen LogP contribution in [0.25, 0.3) is 27.7 Å².